The van der Waals surface area contributed by atoms with E-state index in [-0.39, 0.29) is 0 Å². The number of aryl methyl sites for hydroxylation is 2. The minimum atomic E-state index is 0.658. The van der Waals surface area contributed by atoms with Gasteiger partial charge in [-0.25, -0.2) is 0 Å². The molecule has 0 spiro atoms. The van der Waals surface area contributed by atoms with Crippen molar-refractivity contribution in [1.29, 1.82) is 0 Å². The quantitative estimate of drug-likeness (QED) is 0.735. The standard InChI is InChI=1S/C10H12N4/c1-7-3-4-12-9(5-7)10-8(11)6-13-14(10)2/h3-6H,11H2,1-2H3. The summed E-state index contributed by atoms with van der Waals surface area (Å²) in [5, 5.41) is 4.07. The summed E-state index contributed by atoms with van der Waals surface area (Å²) in [6.45, 7) is 2.03. The van der Waals surface area contributed by atoms with Crippen LogP contribution in [0.15, 0.2) is 24.5 Å². The maximum absolute atomic E-state index is 5.80. The largest absolute Gasteiger partial charge is 0.396 e. The van der Waals surface area contributed by atoms with Crippen LogP contribution in [0.3, 0.4) is 0 Å². The minimum Gasteiger partial charge on any atom is -0.396 e. The second kappa shape index (κ2) is 3.14. The van der Waals surface area contributed by atoms with E-state index in [1.165, 1.54) is 0 Å². The van der Waals surface area contributed by atoms with Crippen LogP contribution in [-0.2, 0) is 7.05 Å². The maximum Gasteiger partial charge on any atom is 0.109 e. The van der Waals surface area contributed by atoms with Crippen LogP contribution in [0.2, 0.25) is 0 Å². The Balaban J connectivity index is 2.59. The van der Waals surface area contributed by atoms with Crippen LogP contribution in [0.4, 0.5) is 5.69 Å². The Morgan fingerprint density at radius 2 is 2.21 bits per heavy atom. The van der Waals surface area contributed by atoms with Crippen molar-refractivity contribution in [2.24, 2.45) is 7.05 Å². The fraction of sp³-hybridized carbons (Fsp3) is 0.200. The third kappa shape index (κ3) is 1.35. The summed E-state index contributed by atoms with van der Waals surface area (Å²) in [5.74, 6) is 0. The van der Waals surface area contributed by atoms with Gasteiger partial charge in [-0.15, -0.1) is 0 Å². The summed E-state index contributed by atoms with van der Waals surface area (Å²) in [7, 11) is 1.86. The number of hydrogen-bond donors (Lipinski definition) is 1. The Bertz CT molecular complexity index is 439. The van der Waals surface area contributed by atoms with E-state index >= 15 is 0 Å². The predicted octanol–water partition coefficient (Wildman–Crippen LogP) is 1.37. The molecule has 0 atom stereocenters. The topological polar surface area (TPSA) is 56.7 Å². The first kappa shape index (κ1) is 8.74. The molecule has 2 aromatic heterocycles. The highest BCUT2D eigenvalue weighted by atomic mass is 15.3. The molecular formula is C10H12N4. The summed E-state index contributed by atoms with van der Waals surface area (Å²) < 4.78 is 1.73. The van der Waals surface area contributed by atoms with Gasteiger partial charge in [-0.3, -0.25) is 9.67 Å². The molecule has 0 fully saturated rings. The van der Waals surface area contributed by atoms with Crippen molar-refractivity contribution in [2.45, 2.75) is 6.92 Å². The molecule has 0 saturated carbocycles. The number of nitrogen functional groups attached to an aromatic ring is 1. The molecule has 0 aliphatic carbocycles. The van der Waals surface area contributed by atoms with Gasteiger partial charge >= 0.3 is 0 Å². The Morgan fingerprint density at radius 3 is 2.79 bits per heavy atom. The lowest BCUT2D eigenvalue weighted by molar-refractivity contribution is 0.773. The van der Waals surface area contributed by atoms with Gasteiger partial charge in [0.15, 0.2) is 0 Å². The highest BCUT2D eigenvalue weighted by Gasteiger charge is 2.08. The Hall–Kier alpha value is -1.84. The first-order chi connectivity index (χ1) is 6.68. The number of nitrogens with two attached hydrogens (primary N) is 1. The Morgan fingerprint density at radius 1 is 1.43 bits per heavy atom. The van der Waals surface area contributed by atoms with E-state index in [0.717, 1.165) is 17.0 Å². The number of rotatable bonds is 1. The van der Waals surface area contributed by atoms with Gasteiger partial charge in [0.05, 0.1) is 17.6 Å². The first-order valence-electron chi connectivity index (χ1n) is 4.39. The van der Waals surface area contributed by atoms with E-state index in [0.29, 0.717) is 5.69 Å². The van der Waals surface area contributed by atoms with Gasteiger partial charge in [0.2, 0.25) is 0 Å². The second-order valence-electron chi connectivity index (χ2n) is 3.29. The fourth-order valence-corrected chi connectivity index (χ4v) is 1.43. The van der Waals surface area contributed by atoms with Crippen LogP contribution in [-0.4, -0.2) is 14.8 Å². The number of nitrogens with zero attached hydrogens (tertiary/aromatic N) is 3. The minimum absolute atomic E-state index is 0.658. The van der Waals surface area contributed by atoms with Gasteiger partial charge in [-0.1, -0.05) is 0 Å². The van der Waals surface area contributed by atoms with Gasteiger partial charge in [0.1, 0.15) is 5.69 Å². The summed E-state index contributed by atoms with van der Waals surface area (Å²) in [6, 6.07) is 3.95. The van der Waals surface area contributed by atoms with Gasteiger partial charge in [-0.2, -0.15) is 5.10 Å². The molecule has 4 nitrogen and oxygen atoms in total. The third-order valence-electron chi connectivity index (χ3n) is 2.13. The molecular weight excluding hydrogens is 176 g/mol. The molecule has 14 heavy (non-hydrogen) atoms. The van der Waals surface area contributed by atoms with Gasteiger partial charge in [-0.05, 0) is 24.6 Å². The summed E-state index contributed by atoms with van der Waals surface area (Å²) in [5.41, 5.74) is 9.35. The van der Waals surface area contributed by atoms with E-state index in [1.807, 2.05) is 26.1 Å². The SMILES string of the molecule is Cc1ccnc(-c2c(N)cnn2C)c1. The zero-order valence-corrected chi connectivity index (χ0v) is 8.23. The molecule has 0 aliphatic rings. The average molecular weight is 188 g/mol. The lowest BCUT2D eigenvalue weighted by Gasteiger charge is -2.03. The molecule has 72 valence electrons. The van der Waals surface area contributed by atoms with Gasteiger partial charge < -0.3 is 5.73 Å². The van der Waals surface area contributed by atoms with Crippen LogP contribution < -0.4 is 5.73 Å². The van der Waals surface area contributed by atoms with E-state index < -0.39 is 0 Å². The normalized spacial score (nSPS) is 10.4. The van der Waals surface area contributed by atoms with Crippen LogP contribution in [0.25, 0.3) is 11.4 Å². The molecule has 0 amide bonds. The molecule has 0 aromatic carbocycles. The highest BCUT2D eigenvalue weighted by Crippen LogP contribution is 2.22. The summed E-state index contributed by atoms with van der Waals surface area (Å²) in [6.07, 6.45) is 3.41. The van der Waals surface area contributed by atoms with Gasteiger partial charge in [0, 0.05) is 13.2 Å². The Labute approximate surface area is 82.4 Å². The molecule has 2 aromatic rings. The molecule has 2 N–H and O–H groups in total. The molecule has 0 aliphatic heterocycles. The molecule has 0 saturated heterocycles. The van der Waals surface area contributed by atoms with E-state index in [4.69, 9.17) is 5.73 Å². The predicted molar refractivity (Wildman–Crippen MR) is 55.6 cm³/mol. The van der Waals surface area contributed by atoms with Crippen LogP contribution in [0.1, 0.15) is 5.56 Å². The fourth-order valence-electron chi connectivity index (χ4n) is 1.43. The number of aromatic nitrogens is 3. The third-order valence-corrected chi connectivity index (χ3v) is 2.13. The van der Waals surface area contributed by atoms with Crippen molar-refractivity contribution in [2.75, 3.05) is 5.73 Å². The number of hydrogen-bond acceptors (Lipinski definition) is 3. The van der Waals surface area contributed by atoms with Crippen molar-refractivity contribution in [3.8, 4) is 11.4 Å². The first-order valence-corrected chi connectivity index (χ1v) is 4.39. The molecule has 0 bridgehead atoms. The van der Waals surface area contributed by atoms with Crippen molar-refractivity contribution in [1.82, 2.24) is 14.8 Å². The average Bonchev–Trinajstić information content (AvgIpc) is 2.46. The maximum atomic E-state index is 5.80. The molecule has 4 heteroatoms. The van der Waals surface area contributed by atoms with Crippen molar-refractivity contribution < 1.29 is 0 Å². The highest BCUT2D eigenvalue weighted by molar-refractivity contribution is 5.69. The zero-order chi connectivity index (χ0) is 10.1. The zero-order valence-electron chi connectivity index (χ0n) is 8.23. The molecule has 2 rings (SSSR count). The van der Waals surface area contributed by atoms with Crippen molar-refractivity contribution in [3.63, 3.8) is 0 Å². The smallest absolute Gasteiger partial charge is 0.109 e. The van der Waals surface area contributed by atoms with Crippen LogP contribution >= 0.6 is 0 Å². The van der Waals surface area contributed by atoms with E-state index in [9.17, 15) is 0 Å². The van der Waals surface area contributed by atoms with E-state index in [2.05, 4.69) is 10.1 Å². The lowest BCUT2D eigenvalue weighted by atomic mass is 10.2. The lowest BCUT2D eigenvalue weighted by Crippen LogP contribution is -1.97. The molecule has 0 radical (unpaired) electrons. The summed E-state index contributed by atoms with van der Waals surface area (Å²) in [4.78, 5) is 4.26. The second-order valence-corrected chi connectivity index (χ2v) is 3.29. The summed E-state index contributed by atoms with van der Waals surface area (Å²) >= 11 is 0. The Kier molecular flexibility index (Phi) is 1.96. The number of pyridine rings is 1. The van der Waals surface area contributed by atoms with Crippen molar-refractivity contribution >= 4 is 5.69 Å². The monoisotopic (exact) mass is 188 g/mol. The molecule has 0 unspecified atom stereocenters. The van der Waals surface area contributed by atoms with Crippen LogP contribution in [0.5, 0.6) is 0 Å². The van der Waals surface area contributed by atoms with E-state index in [1.54, 1.807) is 17.1 Å². The number of anilines is 1. The van der Waals surface area contributed by atoms with Crippen molar-refractivity contribution in [3.05, 3.63) is 30.1 Å². The molecule has 2 heterocycles. The van der Waals surface area contributed by atoms with Crippen LogP contribution in [0, 0.1) is 6.92 Å². The van der Waals surface area contributed by atoms with Gasteiger partial charge in [0.25, 0.3) is 0 Å².